The second-order valence-electron chi connectivity index (χ2n) is 4.64. The minimum Gasteiger partial charge on any atom is -0.481 e. The Morgan fingerprint density at radius 3 is 2.20 bits per heavy atom. The molecule has 5 heteroatoms. The van der Waals surface area contributed by atoms with E-state index in [9.17, 15) is 9.59 Å². The largest absolute Gasteiger partial charge is 0.481 e. The smallest absolute Gasteiger partial charge is 0.309 e. The molecule has 2 N–H and O–H groups in total. The number of hydrogen-bond acceptors (Lipinski definition) is 4. The molecule has 0 unspecified atom stereocenters. The van der Waals surface area contributed by atoms with Crippen molar-refractivity contribution in [3.05, 3.63) is 0 Å². The van der Waals surface area contributed by atoms with Crippen LogP contribution < -0.4 is 0 Å². The number of aliphatic hydroxyl groups is 1. The van der Waals surface area contributed by atoms with Gasteiger partial charge in [0.25, 0.3) is 0 Å². The number of carbonyl (C=O) groups excluding carboxylic acids is 1. The zero-order chi connectivity index (χ0) is 12.1. The first-order valence-corrected chi connectivity index (χ1v) is 4.75. The van der Waals surface area contributed by atoms with Gasteiger partial charge in [0.1, 0.15) is 0 Å². The molecule has 0 heterocycles. The van der Waals surface area contributed by atoms with Crippen molar-refractivity contribution < 1.29 is 24.5 Å². The fourth-order valence-corrected chi connectivity index (χ4v) is 0.787. The maximum Gasteiger partial charge on any atom is 0.309 e. The van der Waals surface area contributed by atoms with Crippen LogP contribution in [-0.2, 0) is 14.3 Å². The van der Waals surface area contributed by atoms with Crippen molar-refractivity contribution in [2.45, 2.75) is 27.2 Å². The lowest BCUT2D eigenvalue weighted by Crippen LogP contribution is -2.25. The lowest BCUT2D eigenvalue weighted by Gasteiger charge is -2.18. The highest BCUT2D eigenvalue weighted by molar-refractivity contribution is 5.78. The monoisotopic (exact) mass is 218 g/mol. The highest BCUT2D eigenvalue weighted by atomic mass is 16.5. The molecule has 0 aromatic rings. The SMILES string of the molecule is CC(C)(C)COC(=O)C[C@@H](CO)C(=O)O. The molecule has 1 atom stereocenters. The topological polar surface area (TPSA) is 83.8 Å². The quantitative estimate of drug-likeness (QED) is 0.662. The standard InChI is InChI=1S/C10H18O5/c1-10(2,3)6-15-8(12)4-7(5-11)9(13)14/h7,11H,4-6H2,1-3H3,(H,13,14)/t7-/m0/s1. The summed E-state index contributed by atoms with van der Waals surface area (Å²) < 4.78 is 4.88. The normalized spacial score (nSPS) is 13.3. The van der Waals surface area contributed by atoms with Crippen molar-refractivity contribution in [3.8, 4) is 0 Å². The molecule has 0 aliphatic rings. The molecule has 0 aromatic carbocycles. The summed E-state index contributed by atoms with van der Waals surface area (Å²) in [4.78, 5) is 21.7. The Balaban J connectivity index is 3.98. The van der Waals surface area contributed by atoms with E-state index in [1.807, 2.05) is 20.8 Å². The van der Waals surface area contributed by atoms with Gasteiger partial charge in [-0.2, -0.15) is 0 Å². The Morgan fingerprint density at radius 2 is 1.87 bits per heavy atom. The Morgan fingerprint density at radius 1 is 1.33 bits per heavy atom. The molecule has 0 rings (SSSR count). The van der Waals surface area contributed by atoms with E-state index >= 15 is 0 Å². The number of aliphatic carboxylic acids is 1. The number of esters is 1. The Labute approximate surface area is 89.0 Å². The van der Waals surface area contributed by atoms with E-state index in [0.29, 0.717) is 0 Å². The molecular formula is C10H18O5. The minimum atomic E-state index is -1.19. The summed E-state index contributed by atoms with van der Waals surface area (Å²) in [5.41, 5.74) is -0.145. The van der Waals surface area contributed by atoms with Gasteiger partial charge in [-0.05, 0) is 5.41 Å². The summed E-state index contributed by atoms with van der Waals surface area (Å²) in [5.74, 6) is -2.85. The first kappa shape index (κ1) is 13.9. The summed E-state index contributed by atoms with van der Waals surface area (Å²) in [6.07, 6.45) is -0.290. The second-order valence-corrected chi connectivity index (χ2v) is 4.64. The fraction of sp³-hybridized carbons (Fsp3) is 0.800. The van der Waals surface area contributed by atoms with Crippen LogP contribution in [0.2, 0.25) is 0 Å². The lowest BCUT2D eigenvalue weighted by atomic mass is 9.98. The van der Waals surface area contributed by atoms with E-state index in [1.54, 1.807) is 0 Å². The van der Waals surface area contributed by atoms with E-state index < -0.39 is 24.5 Å². The summed E-state index contributed by atoms with van der Waals surface area (Å²) in [6.45, 7) is 5.40. The molecule has 0 aliphatic heterocycles. The van der Waals surface area contributed by atoms with Crippen molar-refractivity contribution in [3.63, 3.8) is 0 Å². The molecule has 0 aliphatic carbocycles. The molecular weight excluding hydrogens is 200 g/mol. The second kappa shape index (κ2) is 5.70. The molecule has 0 amide bonds. The molecule has 5 nitrogen and oxygen atoms in total. The van der Waals surface area contributed by atoms with Gasteiger partial charge >= 0.3 is 11.9 Å². The van der Waals surface area contributed by atoms with Crippen LogP contribution >= 0.6 is 0 Å². The zero-order valence-electron chi connectivity index (χ0n) is 9.32. The lowest BCUT2D eigenvalue weighted by molar-refractivity contribution is -0.154. The van der Waals surface area contributed by atoms with Crippen LogP contribution in [0, 0.1) is 11.3 Å². The number of ether oxygens (including phenoxy) is 1. The highest BCUT2D eigenvalue weighted by Crippen LogP contribution is 2.14. The fourth-order valence-electron chi connectivity index (χ4n) is 0.787. The third kappa shape index (κ3) is 6.90. The number of carboxylic acids is 1. The molecule has 0 saturated heterocycles. The van der Waals surface area contributed by atoms with Crippen LogP contribution in [0.15, 0.2) is 0 Å². The average molecular weight is 218 g/mol. The third-order valence-electron chi connectivity index (χ3n) is 1.65. The average Bonchev–Trinajstić information content (AvgIpc) is 2.09. The van der Waals surface area contributed by atoms with Gasteiger partial charge in [-0.15, -0.1) is 0 Å². The summed E-state index contributed by atoms with van der Waals surface area (Å²) >= 11 is 0. The molecule has 88 valence electrons. The van der Waals surface area contributed by atoms with Gasteiger partial charge in [0.05, 0.1) is 25.6 Å². The Kier molecular flexibility index (Phi) is 5.28. The van der Waals surface area contributed by atoms with E-state index in [1.165, 1.54) is 0 Å². The van der Waals surface area contributed by atoms with Crippen LogP contribution in [0.3, 0.4) is 0 Å². The van der Waals surface area contributed by atoms with Gasteiger partial charge in [0.15, 0.2) is 0 Å². The first-order chi connectivity index (χ1) is 6.76. The summed E-state index contributed by atoms with van der Waals surface area (Å²) in [7, 11) is 0. The van der Waals surface area contributed by atoms with Crippen molar-refractivity contribution in [1.29, 1.82) is 0 Å². The number of hydrogen-bond donors (Lipinski definition) is 2. The molecule has 0 saturated carbocycles. The molecule has 0 fully saturated rings. The van der Waals surface area contributed by atoms with E-state index in [2.05, 4.69) is 0 Å². The molecule has 0 radical (unpaired) electrons. The first-order valence-electron chi connectivity index (χ1n) is 4.75. The van der Waals surface area contributed by atoms with Crippen molar-refractivity contribution >= 4 is 11.9 Å². The molecule has 0 aromatic heterocycles. The molecule has 15 heavy (non-hydrogen) atoms. The van der Waals surface area contributed by atoms with Crippen molar-refractivity contribution in [2.24, 2.45) is 11.3 Å². The van der Waals surface area contributed by atoms with Crippen LogP contribution in [-0.4, -0.2) is 35.4 Å². The van der Waals surface area contributed by atoms with Crippen molar-refractivity contribution in [2.75, 3.05) is 13.2 Å². The van der Waals surface area contributed by atoms with Gasteiger partial charge in [-0.1, -0.05) is 20.8 Å². The molecule has 0 spiro atoms. The van der Waals surface area contributed by atoms with Crippen LogP contribution in [0.5, 0.6) is 0 Å². The summed E-state index contributed by atoms with van der Waals surface area (Å²) in [6, 6.07) is 0. The maximum atomic E-state index is 11.2. The van der Waals surface area contributed by atoms with Crippen molar-refractivity contribution in [1.82, 2.24) is 0 Å². The van der Waals surface area contributed by atoms with E-state index in [0.717, 1.165) is 0 Å². The van der Waals surface area contributed by atoms with Gasteiger partial charge in [-0.3, -0.25) is 9.59 Å². The number of aliphatic hydroxyl groups excluding tert-OH is 1. The Bertz CT molecular complexity index is 228. The predicted molar refractivity (Wildman–Crippen MR) is 53.2 cm³/mol. The van der Waals surface area contributed by atoms with Gasteiger partial charge in [0.2, 0.25) is 0 Å². The maximum absolute atomic E-state index is 11.2. The summed E-state index contributed by atoms with van der Waals surface area (Å²) in [5, 5.41) is 17.3. The van der Waals surface area contributed by atoms with Gasteiger partial charge in [0, 0.05) is 0 Å². The Hall–Kier alpha value is -1.10. The zero-order valence-corrected chi connectivity index (χ0v) is 9.32. The number of carboxylic acid groups (broad SMARTS) is 1. The highest BCUT2D eigenvalue weighted by Gasteiger charge is 2.22. The van der Waals surface area contributed by atoms with Gasteiger partial charge in [-0.25, -0.2) is 0 Å². The van der Waals surface area contributed by atoms with Gasteiger partial charge < -0.3 is 14.9 Å². The van der Waals surface area contributed by atoms with E-state index in [-0.39, 0.29) is 18.4 Å². The van der Waals surface area contributed by atoms with Crippen LogP contribution in [0.25, 0.3) is 0 Å². The number of carbonyl (C=O) groups is 2. The van der Waals surface area contributed by atoms with Crippen LogP contribution in [0.4, 0.5) is 0 Å². The predicted octanol–water partition coefficient (Wildman–Crippen LogP) is 0.659. The van der Waals surface area contributed by atoms with E-state index in [4.69, 9.17) is 14.9 Å². The molecule has 0 bridgehead atoms. The number of rotatable bonds is 5. The third-order valence-corrected chi connectivity index (χ3v) is 1.65. The minimum absolute atomic E-state index is 0.145. The van der Waals surface area contributed by atoms with Crippen LogP contribution in [0.1, 0.15) is 27.2 Å².